The highest BCUT2D eigenvalue weighted by molar-refractivity contribution is 6.31. The highest BCUT2D eigenvalue weighted by atomic mass is 35.5. The van der Waals surface area contributed by atoms with E-state index >= 15 is 0 Å². The van der Waals surface area contributed by atoms with Gasteiger partial charge in [0, 0.05) is 34.4 Å². The average molecular weight is 446 g/mol. The van der Waals surface area contributed by atoms with E-state index in [9.17, 15) is 9.59 Å². The molecule has 162 valence electrons. The number of anilines is 1. The van der Waals surface area contributed by atoms with Crippen LogP contribution in [0.1, 0.15) is 15.9 Å². The van der Waals surface area contributed by atoms with Crippen molar-refractivity contribution in [3.05, 3.63) is 58.3 Å². The molecule has 0 unspecified atom stereocenters. The number of amides is 1. The summed E-state index contributed by atoms with van der Waals surface area (Å²) in [4.78, 5) is 25.3. The molecule has 1 aliphatic rings. The van der Waals surface area contributed by atoms with Gasteiger partial charge in [0.15, 0.2) is 23.0 Å². The number of methoxy groups -OCH3 is 4. The van der Waals surface area contributed by atoms with E-state index in [1.54, 1.807) is 18.2 Å². The first-order valence-electron chi connectivity index (χ1n) is 9.00. The second kappa shape index (κ2) is 9.44. The fourth-order valence-electron chi connectivity index (χ4n) is 2.96. The minimum atomic E-state index is -0.646. The molecule has 0 bridgehead atoms. The molecule has 31 heavy (non-hydrogen) atoms. The Bertz CT molecular complexity index is 1090. The molecule has 2 aromatic carbocycles. The van der Waals surface area contributed by atoms with E-state index in [0.717, 1.165) is 0 Å². The van der Waals surface area contributed by atoms with Gasteiger partial charge in [-0.1, -0.05) is 11.6 Å². The lowest BCUT2D eigenvalue weighted by Crippen LogP contribution is -2.17. The van der Waals surface area contributed by atoms with Crippen LogP contribution >= 0.6 is 11.6 Å². The van der Waals surface area contributed by atoms with Gasteiger partial charge in [-0.15, -0.1) is 0 Å². The number of nitrogens with one attached hydrogen (secondary N) is 1. The molecule has 0 aromatic heterocycles. The van der Waals surface area contributed by atoms with Crippen LogP contribution in [0.15, 0.2) is 42.2 Å². The van der Waals surface area contributed by atoms with E-state index in [4.69, 9.17) is 35.3 Å². The Hall–Kier alpha value is -3.65. The summed E-state index contributed by atoms with van der Waals surface area (Å²) < 4.78 is 26.2. The Balaban J connectivity index is 2.01. The lowest BCUT2D eigenvalue weighted by molar-refractivity contribution is -0.112. The van der Waals surface area contributed by atoms with E-state index in [1.165, 1.54) is 52.9 Å². The van der Waals surface area contributed by atoms with E-state index in [2.05, 4.69) is 5.32 Å². The van der Waals surface area contributed by atoms with Crippen LogP contribution in [0.25, 0.3) is 6.08 Å². The third kappa shape index (κ3) is 4.59. The lowest BCUT2D eigenvalue weighted by atomic mass is 10.1. The van der Waals surface area contributed by atoms with Crippen LogP contribution in [-0.4, -0.2) is 40.3 Å². The first kappa shape index (κ1) is 22.0. The summed E-state index contributed by atoms with van der Waals surface area (Å²) in [5, 5.41) is 3.13. The number of carbonyl (C=O) groups is 2. The van der Waals surface area contributed by atoms with Gasteiger partial charge in [-0.25, -0.2) is 4.79 Å². The summed E-state index contributed by atoms with van der Waals surface area (Å²) in [5.74, 6) is 0.362. The normalized spacial score (nSPS) is 12.0. The maximum Gasteiger partial charge on any atom is 0.340 e. The maximum absolute atomic E-state index is 13.0. The van der Waals surface area contributed by atoms with Crippen molar-refractivity contribution in [1.82, 2.24) is 0 Å². The second-order valence-corrected chi connectivity index (χ2v) is 6.68. The molecule has 8 nitrogen and oxygen atoms in total. The lowest BCUT2D eigenvalue weighted by Gasteiger charge is -2.15. The molecule has 3 rings (SSSR count). The number of carbonyl (C=O) groups excluding carboxylic acids is 2. The SMILES string of the molecule is COC(=O)c1cc(OC)c(OC)cc1NC(=O)C1=Cc2cc(Cl)cc(OC)c2OC=C1. The van der Waals surface area contributed by atoms with E-state index in [0.29, 0.717) is 33.6 Å². The van der Waals surface area contributed by atoms with Gasteiger partial charge in [0.1, 0.15) is 0 Å². The number of benzene rings is 2. The smallest absolute Gasteiger partial charge is 0.340 e. The predicted octanol–water partition coefficient (Wildman–Crippen LogP) is 4.08. The van der Waals surface area contributed by atoms with Gasteiger partial charge in [-0.2, -0.15) is 0 Å². The molecular formula is C22H20ClNO7. The molecule has 9 heteroatoms. The molecule has 2 aromatic rings. The third-order valence-corrected chi connectivity index (χ3v) is 4.67. The third-order valence-electron chi connectivity index (χ3n) is 4.45. The van der Waals surface area contributed by atoms with Crippen LogP contribution in [0.2, 0.25) is 5.02 Å². The van der Waals surface area contributed by atoms with E-state index in [-0.39, 0.29) is 16.8 Å². The van der Waals surface area contributed by atoms with Crippen LogP contribution in [0, 0.1) is 0 Å². The molecule has 0 radical (unpaired) electrons. The van der Waals surface area contributed by atoms with Gasteiger partial charge < -0.3 is 29.0 Å². The molecule has 0 atom stereocenters. The van der Waals surface area contributed by atoms with E-state index in [1.807, 2.05) is 0 Å². The van der Waals surface area contributed by atoms with Crippen molar-refractivity contribution in [2.45, 2.75) is 0 Å². The van der Waals surface area contributed by atoms with Crippen LogP contribution in [0.4, 0.5) is 5.69 Å². The molecule has 1 heterocycles. The molecule has 0 aliphatic carbocycles. The quantitative estimate of drug-likeness (QED) is 0.669. The van der Waals surface area contributed by atoms with Crippen molar-refractivity contribution >= 4 is 35.2 Å². The number of ether oxygens (including phenoxy) is 5. The Morgan fingerprint density at radius 2 is 1.61 bits per heavy atom. The summed E-state index contributed by atoms with van der Waals surface area (Å²) in [6, 6.07) is 6.17. The van der Waals surface area contributed by atoms with Gasteiger partial charge in [-0.3, -0.25) is 4.79 Å². The number of fused-ring (bicyclic) bond motifs is 1. The number of halogens is 1. The number of esters is 1. The van der Waals surface area contributed by atoms with E-state index < -0.39 is 11.9 Å². The van der Waals surface area contributed by atoms with Gasteiger partial charge in [-0.05, 0) is 18.2 Å². The molecular weight excluding hydrogens is 426 g/mol. The summed E-state index contributed by atoms with van der Waals surface area (Å²) in [6.07, 6.45) is 4.45. The Morgan fingerprint density at radius 1 is 0.935 bits per heavy atom. The van der Waals surface area contributed by atoms with Crippen LogP contribution in [-0.2, 0) is 9.53 Å². The van der Waals surface area contributed by atoms with Crippen molar-refractivity contribution in [3.63, 3.8) is 0 Å². The van der Waals surface area contributed by atoms with Gasteiger partial charge in [0.25, 0.3) is 5.91 Å². The average Bonchev–Trinajstić information content (AvgIpc) is 3.00. The Kier molecular flexibility index (Phi) is 6.71. The Morgan fingerprint density at radius 3 is 2.26 bits per heavy atom. The summed E-state index contributed by atoms with van der Waals surface area (Å²) in [7, 11) is 5.62. The molecule has 0 fully saturated rings. The highest BCUT2D eigenvalue weighted by Gasteiger charge is 2.21. The number of hydrogen-bond donors (Lipinski definition) is 1. The van der Waals surface area contributed by atoms with Gasteiger partial charge >= 0.3 is 5.97 Å². The zero-order valence-electron chi connectivity index (χ0n) is 17.3. The second-order valence-electron chi connectivity index (χ2n) is 6.25. The predicted molar refractivity (Wildman–Crippen MR) is 115 cm³/mol. The maximum atomic E-state index is 13.0. The summed E-state index contributed by atoms with van der Waals surface area (Å²) in [5.41, 5.74) is 1.11. The molecule has 0 saturated heterocycles. The zero-order chi connectivity index (χ0) is 22.5. The largest absolute Gasteiger partial charge is 0.493 e. The molecule has 0 spiro atoms. The fourth-order valence-corrected chi connectivity index (χ4v) is 3.18. The Labute approximate surface area is 183 Å². The standard InChI is InChI=1S/C22H20ClNO7/c1-27-17-10-15(22(26)30-4)16(11-18(17)28-2)24-21(25)12-5-6-31-20-13(7-12)8-14(23)9-19(20)29-3/h5-11H,1-4H3,(H,24,25). The monoisotopic (exact) mass is 445 g/mol. The summed E-state index contributed by atoms with van der Waals surface area (Å²) >= 11 is 6.14. The van der Waals surface area contributed by atoms with Crippen molar-refractivity contribution < 1.29 is 33.3 Å². The molecule has 1 aliphatic heterocycles. The topological polar surface area (TPSA) is 92.3 Å². The minimum Gasteiger partial charge on any atom is -0.493 e. The van der Waals surface area contributed by atoms with Crippen molar-refractivity contribution in [3.8, 4) is 23.0 Å². The first-order valence-corrected chi connectivity index (χ1v) is 9.37. The van der Waals surface area contributed by atoms with Crippen LogP contribution in [0.5, 0.6) is 23.0 Å². The van der Waals surface area contributed by atoms with Crippen LogP contribution < -0.4 is 24.3 Å². The minimum absolute atomic E-state index is 0.105. The number of hydrogen-bond acceptors (Lipinski definition) is 7. The van der Waals surface area contributed by atoms with Crippen LogP contribution in [0.3, 0.4) is 0 Å². The van der Waals surface area contributed by atoms with Gasteiger partial charge in [0.2, 0.25) is 0 Å². The molecule has 1 amide bonds. The van der Waals surface area contributed by atoms with Crippen molar-refractivity contribution in [1.29, 1.82) is 0 Å². The van der Waals surface area contributed by atoms with Crippen molar-refractivity contribution in [2.24, 2.45) is 0 Å². The first-order chi connectivity index (χ1) is 14.9. The van der Waals surface area contributed by atoms with Gasteiger partial charge in [0.05, 0.1) is 46.0 Å². The molecule has 1 N–H and O–H groups in total. The zero-order valence-corrected chi connectivity index (χ0v) is 18.0. The highest BCUT2D eigenvalue weighted by Crippen LogP contribution is 2.38. The number of rotatable bonds is 6. The van der Waals surface area contributed by atoms with Crippen molar-refractivity contribution in [2.75, 3.05) is 33.8 Å². The fraction of sp³-hybridized carbons (Fsp3) is 0.182. The molecule has 0 saturated carbocycles. The summed E-state index contributed by atoms with van der Waals surface area (Å²) in [6.45, 7) is 0.